The Morgan fingerprint density at radius 3 is 1.92 bits per heavy atom. The van der Waals surface area contributed by atoms with E-state index in [0.29, 0.717) is 6.42 Å². The van der Waals surface area contributed by atoms with Crippen LogP contribution in [0.4, 0.5) is 0 Å². The van der Waals surface area contributed by atoms with E-state index in [4.69, 9.17) is 5.11 Å². The molecule has 7 N–H and O–H groups in total. The smallest absolute Gasteiger partial charge is 0.140 e. The second-order valence-electron chi connectivity index (χ2n) is 3.31. The van der Waals surface area contributed by atoms with Gasteiger partial charge in [0, 0.05) is 12.5 Å². The first-order chi connectivity index (χ1) is 5.59. The predicted octanol–water partition coefficient (Wildman–Crippen LogP) is -3.31. The van der Waals surface area contributed by atoms with E-state index in [-0.39, 0.29) is 6.61 Å². The highest BCUT2D eigenvalue weighted by Gasteiger charge is 2.48. The Balaban J connectivity index is 2.62. The molecule has 0 spiro atoms. The number of aliphatic hydroxyl groups excluding tert-OH is 4. The normalized spacial score (nSPS) is 48.2. The monoisotopic (exact) mass is 178 g/mol. The third kappa shape index (κ3) is 1.46. The van der Waals surface area contributed by atoms with E-state index in [1.165, 1.54) is 0 Å². The van der Waals surface area contributed by atoms with Crippen LogP contribution in [0.5, 0.6) is 0 Å². The van der Waals surface area contributed by atoms with E-state index < -0.39 is 30.3 Å². The van der Waals surface area contributed by atoms with E-state index in [0.717, 1.165) is 0 Å². The van der Waals surface area contributed by atoms with Crippen molar-refractivity contribution < 1.29 is 26.2 Å². The largest absolute Gasteiger partial charge is 0.396 e. The van der Waals surface area contributed by atoms with Crippen LogP contribution in [0, 0.1) is 5.92 Å². The van der Waals surface area contributed by atoms with Crippen LogP contribution in [0.3, 0.4) is 0 Å². The molecule has 5 atom stereocenters. The van der Waals surface area contributed by atoms with Crippen LogP contribution in [0.25, 0.3) is 0 Å². The fourth-order valence-corrected chi connectivity index (χ4v) is 1.72. The van der Waals surface area contributed by atoms with E-state index >= 15 is 0 Å². The van der Waals surface area contributed by atoms with E-state index in [2.05, 4.69) is 5.73 Å². The van der Waals surface area contributed by atoms with Gasteiger partial charge in [0.05, 0.1) is 6.10 Å². The molecule has 0 radical (unpaired) electrons. The SMILES string of the molecule is [NH3+][C@@H]1[C@@H](O)[C@H](O)[C@H](CCO)[C@H]1O. The van der Waals surface area contributed by atoms with Gasteiger partial charge in [-0.1, -0.05) is 0 Å². The van der Waals surface area contributed by atoms with Crippen LogP contribution in [0.2, 0.25) is 0 Å². The van der Waals surface area contributed by atoms with Gasteiger partial charge in [-0.2, -0.15) is 0 Å². The molecule has 1 fully saturated rings. The van der Waals surface area contributed by atoms with Gasteiger partial charge in [0.25, 0.3) is 0 Å². The molecule has 12 heavy (non-hydrogen) atoms. The topological polar surface area (TPSA) is 109 Å². The highest BCUT2D eigenvalue weighted by molar-refractivity contribution is 4.96. The van der Waals surface area contributed by atoms with Crippen molar-refractivity contribution in [2.24, 2.45) is 5.92 Å². The Bertz CT molecular complexity index is 140. The number of rotatable bonds is 2. The van der Waals surface area contributed by atoms with Crippen molar-refractivity contribution in [1.82, 2.24) is 0 Å². The maximum absolute atomic E-state index is 9.44. The molecule has 1 rings (SSSR count). The zero-order valence-electron chi connectivity index (χ0n) is 6.80. The Labute approximate surface area is 70.4 Å². The molecule has 0 unspecified atom stereocenters. The standard InChI is InChI=1S/C7H15NO4/c8-4-5(10)3(1-2-9)6(11)7(4)12/h3-7,9-12H,1-2,8H2/p+1/t3-,4+,5-,6-,7-/m1/s1. The van der Waals surface area contributed by atoms with E-state index in [1.807, 2.05) is 0 Å². The fourth-order valence-electron chi connectivity index (χ4n) is 1.72. The minimum Gasteiger partial charge on any atom is -0.396 e. The lowest BCUT2D eigenvalue weighted by Gasteiger charge is -2.15. The number of aliphatic hydroxyl groups is 4. The molecule has 1 aliphatic carbocycles. The Morgan fingerprint density at radius 2 is 1.58 bits per heavy atom. The molecule has 0 bridgehead atoms. The summed E-state index contributed by atoms with van der Waals surface area (Å²) in [6, 6.07) is -0.559. The zero-order chi connectivity index (χ0) is 9.30. The molecule has 1 aliphatic rings. The summed E-state index contributed by atoms with van der Waals surface area (Å²) >= 11 is 0. The zero-order valence-corrected chi connectivity index (χ0v) is 6.80. The first-order valence-electron chi connectivity index (χ1n) is 4.07. The third-order valence-corrected chi connectivity index (χ3v) is 2.57. The van der Waals surface area contributed by atoms with Crippen LogP contribution in [0.15, 0.2) is 0 Å². The van der Waals surface area contributed by atoms with Gasteiger partial charge in [0.2, 0.25) is 0 Å². The lowest BCUT2D eigenvalue weighted by molar-refractivity contribution is -0.448. The highest BCUT2D eigenvalue weighted by Crippen LogP contribution is 2.27. The lowest BCUT2D eigenvalue weighted by Crippen LogP contribution is -2.69. The van der Waals surface area contributed by atoms with Gasteiger partial charge in [-0.25, -0.2) is 0 Å². The van der Waals surface area contributed by atoms with Crippen LogP contribution in [-0.2, 0) is 0 Å². The van der Waals surface area contributed by atoms with E-state index in [9.17, 15) is 15.3 Å². The molecule has 5 heteroatoms. The molecule has 0 heterocycles. The Hall–Kier alpha value is -0.200. The summed E-state index contributed by atoms with van der Waals surface area (Å²) in [6.07, 6.45) is -2.46. The molecular weight excluding hydrogens is 162 g/mol. The first kappa shape index (κ1) is 9.88. The van der Waals surface area contributed by atoms with Crippen molar-refractivity contribution in [2.45, 2.75) is 30.8 Å². The average molecular weight is 178 g/mol. The van der Waals surface area contributed by atoms with Crippen LogP contribution in [0.1, 0.15) is 6.42 Å². The van der Waals surface area contributed by atoms with Crippen LogP contribution in [-0.4, -0.2) is 51.4 Å². The first-order valence-corrected chi connectivity index (χ1v) is 4.07. The molecule has 0 aromatic carbocycles. The Morgan fingerprint density at radius 1 is 1.00 bits per heavy atom. The summed E-state index contributed by atoms with van der Waals surface area (Å²) < 4.78 is 0. The number of hydrogen-bond acceptors (Lipinski definition) is 4. The summed E-state index contributed by atoms with van der Waals surface area (Å²) in [5, 5.41) is 36.7. The molecule has 5 nitrogen and oxygen atoms in total. The molecule has 0 aromatic heterocycles. The second-order valence-corrected chi connectivity index (χ2v) is 3.31. The molecular formula is C7H16NO4+. The van der Waals surface area contributed by atoms with Gasteiger partial charge in [0.15, 0.2) is 0 Å². The third-order valence-electron chi connectivity index (χ3n) is 2.57. The highest BCUT2D eigenvalue weighted by atomic mass is 16.3. The second kappa shape index (κ2) is 3.68. The van der Waals surface area contributed by atoms with Crippen LogP contribution >= 0.6 is 0 Å². The molecule has 0 saturated heterocycles. The average Bonchev–Trinajstić information content (AvgIpc) is 2.23. The van der Waals surface area contributed by atoms with Crippen molar-refractivity contribution in [1.29, 1.82) is 0 Å². The Kier molecular flexibility index (Phi) is 3.03. The van der Waals surface area contributed by atoms with Crippen molar-refractivity contribution in [3.05, 3.63) is 0 Å². The van der Waals surface area contributed by atoms with Crippen molar-refractivity contribution in [3.8, 4) is 0 Å². The number of hydrogen-bond donors (Lipinski definition) is 5. The summed E-state index contributed by atoms with van der Waals surface area (Å²) in [5.41, 5.74) is 3.54. The van der Waals surface area contributed by atoms with Crippen molar-refractivity contribution >= 4 is 0 Å². The summed E-state index contributed by atoms with van der Waals surface area (Å²) in [4.78, 5) is 0. The maximum Gasteiger partial charge on any atom is 0.140 e. The van der Waals surface area contributed by atoms with E-state index in [1.54, 1.807) is 0 Å². The quantitative estimate of drug-likeness (QED) is 0.305. The summed E-state index contributed by atoms with van der Waals surface area (Å²) in [6.45, 7) is -0.0990. The minimum atomic E-state index is -0.975. The van der Waals surface area contributed by atoms with Crippen molar-refractivity contribution in [2.75, 3.05) is 6.61 Å². The van der Waals surface area contributed by atoms with Gasteiger partial charge in [0.1, 0.15) is 18.2 Å². The van der Waals surface area contributed by atoms with Crippen LogP contribution < -0.4 is 5.73 Å². The predicted molar refractivity (Wildman–Crippen MR) is 39.9 cm³/mol. The fraction of sp³-hybridized carbons (Fsp3) is 1.00. The molecule has 72 valence electrons. The minimum absolute atomic E-state index is 0.0990. The maximum atomic E-state index is 9.44. The molecule has 0 aliphatic heterocycles. The molecule has 1 saturated carbocycles. The summed E-state index contributed by atoms with van der Waals surface area (Å²) in [7, 11) is 0. The van der Waals surface area contributed by atoms with Gasteiger partial charge >= 0.3 is 0 Å². The van der Waals surface area contributed by atoms with Gasteiger partial charge in [-0.15, -0.1) is 0 Å². The van der Waals surface area contributed by atoms with Crippen molar-refractivity contribution in [3.63, 3.8) is 0 Å². The molecule has 0 amide bonds. The van der Waals surface area contributed by atoms with Gasteiger partial charge in [-0.05, 0) is 6.42 Å². The number of quaternary nitrogens is 1. The van der Waals surface area contributed by atoms with Gasteiger partial charge < -0.3 is 26.2 Å². The molecule has 0 aromatic rings. The summed E-state index contributed by atoms with van der Waals surface area (Å²) in [5.74, 6) is -0.451. The van der Waals surface area contributed by atoms with Gasteiger partial charge in [-0.3, -0.25) is 0 Å². The lowest BCUT2D eigenvalue weighted by atomic mass is 10.00.